The van der Waals surface area contributed by atoms with Crippen molar-refractivity contribution < 1.29 is 17.6 Å². The number of pyridine rings is 2. The van der Waals surface area contributed by atoms with Gasteiger partial charge in [-0.25, -0.2) is 14.4 Å². The molecule has 0 aliphatic heterocycles. The maximum absolute atomic E-state index is 13.8. The van der Waals surface area contributed by atoms with Crippen molar-refractivity contribution in [2.45, 2.75) is 6.18 Å². The molecule has 1 aromatic carbocycles. The van der Waals surface area contributed by atoms with Gasteiger partial charge < -0.3 is 4.57 Å². The lowest BCUT2D eigenvalue weighted by Gasteiger charge is -2.14. The van der Waals surface area contributed by atoms with E-state index in [0.717, 1.165) is 22.8 Å². The summed E-state index contributed by atoms with van der Waals surface area (Å²) in [5, 5.41) is 0.229. The van der Waals surface area contributed by atoms with E-state index < -0.39 is 23.2 Å². The van der Waals surface area contributed by atoms with E-state index in [1.807, 2.05) is 0 Å². The van der Waals surface area contributed by atoms with Gasteiger partial charge in [0.25, 0.3) is 5.56 Å². The van der Waals surface area contributed by atoms with Crippen molar-refractivity contribution in [3.63, 3.8) is 0 Å². The number of nitrogens with zero attached hydrogens (tertiary/aromatic N) is 4. The Morgan fingerprint density at radius 3 is 2.59 bits per heavy atom. The summed E-state index contributed by atoms with van der Waals surface area (Å²) in [5.41, 5.74) is -2.02. The minimum Gasteiger partial charge on any atom is -0.333 e. The third-order valence-electron chi connectivity index (χ3n) is 4.12. The Hall–Kier alpha value is -2.94. The maximum Gasteiger partial charge on any atom is 0.433 e. The summed E-state index contributed by atoms with van der Waals surface area (Å²) in [6, 6.07) is 5.27. The topological polar surface area (TPSA) is 52.7 Å². The lowest BCUT2D eigenvalue weighted by atomic mass is 10.2. The second-order valence-corrected chi connectivity index (χ2v) is 6.26. The monoisotopic (exact) mass is 396 g/mol. The molecule has 4 aromatic rings. The number of rotatable bonds is 1. The van der Waals surface area contributed by atoms with Crippen LogP contribution in [0.2, 0.25) is 5.02 Å². The minimum atomic E-state index is -4.72. The molecule has 0 spiro atoms. The van der Waals surface area contributed by atoms with Crippen molar-refractivity contribution in [1.82, 2.24) is 19.1 Å². The number of hydrogen-bond donors (Lipinski definition) is 0. The molecule has 5 nitrogen and oxygen atoms in total. The van der Waals surface area contributed by atoms with E-state index in [0.29, 0.717) is 5.52 Å². The highest BCUT2D eigenvalue weighted by molar-refractivity contribution is 6.32. The molecule has 0 saturated heterocycles. The summed E-state index contributed by atoms with van der Waals surface area (Å²) in [7, 11) is 1.60. The van der Waals surface area contributed by atoms with E-state index in [1.165, 1.54) is 23.0 Å². The fraction of sp³-hybridized carbons (Fsp3) is 0.118. The van der Waals surface area contributed by atoms with Gasteiger partial charge in [-0.05, 0) is 30.3 Å². The van der Waals surface area contributed by atoms with Crippen molar-refractivity contribution in [2.24, 2.45) is 7.05 Å². The number of imidazole rings is 1. The molecule has 3 aromatic heterocycles. The Labute approximate surface area is 153 Å². The van der Waals surface area contributed by atoms with E-state index in [-0.39, 0.29) is 27.3 Å². The first kappa shape index (κ1) is 17.5. The van der Waals surface area contributed by atoms with Gasteiger partial charge in [-0.15, -0.1) is 0 Å². The van der Waals surface area contributed by atoms with Crippen LogP contribution in [-0.4, -0.2) is 19.1 Å². The van der Waals surface area contributed by atoms with Gasteiger partial charge in [0.1, 0.15) is 17.2 Å². The second kappa shape index (κ2) is 5.78. The number of halogens is 5. The van der Waals surface area contributed by atoms with Crippen LogP contribution < -0.4 is 5.56 Å². The van der Waals surface area contributed by atoms with Gasteiger partial charge in [-0.3, -0.25) is 9.36 Å². The highest BCUT2D eigenvalue weighted by Gasteiger charge is 2.33. The second-order valence-electron chi connectivity index (χ2n) is 5.85. The largest absolute Gasteiger partial charge is 0.433 e. The van der Waals surface area contributed by atoms with Gasteiger partial charge in [-0.1, -0.05) is 11.6 Å². The Bertz CT molecular complexity index is 1280. The summed E-state index contributed by atoms with van der Waals surface area (Å²) in [6.45, 7) is 0. The summed E-state index contributed by atoms with van der Waals surface area (Å²) < 4.78 is 55.6. The third kappa shape index (κ3) is 2.66. The first-order valence-electron chi connectivity index (χ1n) is 7.58. The van der Waals surface area contributed by atoms with Crippen molar-refractivity contribution in [3.05, 3.63) is 63.5 Å². The number of aromatic nitrogens is 4. The van der Waals surface area contributed by atoms with Crippen molar-refractivity contribution in [2.75, 3.05) is 0 Å². The minimum absolute atomic E-state index is 0.00638. The Balaban J connectivity index is 2.26. The lowest BCUT2D eigenvalue weighted by molar-refractivity contribution is -0.141. The average Bonchev–Trinajstić information content (AvgIpc) is 2.99. The van der Waals surface area contributed by atoms with E-state index >= 15 is 0 Å². The number of hydrogen-bond acceptors (Lipinski definition) is 3. The van der Waals surface area contributed by atoms with Gasteiger partial charge in [-0.2, -0.15) is 13.2 Å². The van der Waals surface area contributed by atoms with Crippen LogP contribution in [-0.2, 0) is 13.2 Å². The zero-order chi connectivity index (χ0) is 19.5. The molecule has 4 rings (SSSR count). The number of benzene rings is 1. The zero-order valence-electron chi connectivity index (χ0n) is 13.6. The molecule has 0 N–H and O–H groups in total. The molecular formula is C17H9ClF4N4O. The molecule has 10 heteroatoms. The highest BCUT2D eigenvalue weighted by Crippen LogP contribution is 2.32. The van der Waals surface area contributed by atoms with Crippen LogP contribution in [0.3, 0.4) is 0 Å². The predicted molar refractivity (Wildman–Crippen MR) is 91.6 cm³/mol. The predicted octanol–water partition coefficient (Wildman–Crippen LogP) is 4.08. The number of aryl methyl sites for hydroxylation is 1. The standard InChI is InChI=1S/C17H9ClF4N4O/c1-25-7-23-13-14(25)9-3-5-12(17(20,21)22)24-15(9)26(16(13)27)11-6-8(19)2-4-10(11)18/h2-7H,1H3. The molecule has 0 unspecified atom stereocenters. The van der Waals surface area contributed by atoms with Crippen molar-refractivity contribution >= 4 is 33.7 Å². The molecule has 27 heavy (non-hydrogen) atoms. The first-order chi connectivity index (χ1) is 12.7. The highest BCUT2D eigenvalue weighted by atomic mass is 35.5. The fourth-order valence-electron chi connectivity index (χ4n) is 2.95. The van der Waals surface area contributed by atoms with Crippen LogP contribution in [0.1, 0.15) is 5.69 Å². The molecule has 0 aliphatic carbocycles. The van der Waals surface area contributed by atoms with Gasteiger partial charge in [0.2, 0.25) is 0 Å². The van der Waals surface area contributed by atoms with Gasteiger partial charge in [0.15, 0.2) is 5.52 Å². The normalized spacial score (nSPS) is 12.2. The molecule has 0 bridgehead atoms. The summed E-state index contributed by atoms with van der Waals surface area (Å²) >= 11 is 6.09. The van der Waals surface area contributed by atoms with Crippen molar-refractivity contribution in [3.8, 4) is 5.69 Å². The molecule has 0 amide bonds. The van der Waals surface area contributed by atoms with Crippen LogP contribution in [0.5, 0.6) is 0 Å². The molecule has 138 valence electrons. The van der Waals surface area contributed by atoms with Gasteiger partial charge in [0.05, 0.1) is 22.6 Å². The van der Waals surface area contributed by atoms with Crippen LogP contribution in [0.4, 0.5) is 17.6 Å². The average molecular weight is 397 g/mol. The SMILES string of the molecule is Cn1cnc2c(=O)n(-c3cc(F)ccc3Cl)c3nc(C(F)(F)F)ccc3c21. The molecule has 0 saturated carbocycles. The molecule has 3 heterocycles. The van der Waals surface area contributed by atoms with Gasteiger partial charge >= 0.3 is 6.18 Å². The fourth-order valence-corrected chi connectivity index (χ4v) is 3.15. The van der Waals surface area contributed by atoms with Crippen LogP contribution in [0.25, 0.3) is 27.8 Å². The summed E-state index contributed by atoms with van der Waals surface area (Å²) in [5.74, 6) is -0.706. The van der Waals surface area contributed by atoms with Crippen LogP contribution in [0, 0.1) is 5.82 Å². The Morgan fingerprint density at radius 1 is 1.15 bits per heavy atom. The molecule has 0 fully saturated rings. The Kier molecular flexibility index (Phi) is 3.74. The molecule has 0 radical (unpaired) electrons. The molecule has 0 aliphatic rings. The lowest BCUT2D eigenvalue weighted by Crippen LogP contribution is -2.22. The number of alkyl halides is 3. The maximum atomic E-state index is 13.8. The van der Waals surface area contributed by atoms with Crippen LogP contribution >= 0.6 is 11.6 Å². The van der Waals surface area contributed by atoms with Crippen LogP contribution in [0.15, 0.2) is 41.5 Å². The van der Waals surface area contributed by atoms with E-state index in [1.54, 1.807) is 7.05 Å². The third-order valence-corrected chi connectivity index (χ3v) is 4.44. The van der Waals surface area contributed by atoms with Gasteiger partial charge in [0, 0.05) is 12.4 Å². The quantitative estimate of drug-likeness (QED) is 0.455. The summed E-state index contributed by atoms with van der Waals surface area (Å²) in [6.07, 6.45) is -3.36. The Morgan fingerprint density at radius 2 is 1.89 bits per heavy atom. The van der Waals surface area contributed by atoms with E-state index in [4.69, 9.17) is 11.6 Å². The van der Waals surface area contributed by atoms with Crippen molar-refractivity contribution in [1.29, 1.82) is 0 Å². The molecular weight excluding hydrogens is 388 g/mol. The molecule has 0 atom stereocenters. The smallest absolute Gasteiger partial charge is 0.333 e. The zero-order valence-corrected chi connectivity index (χ0v) is 14.3. The van der Waals surface area contributed by atoms with E-state index in [9.17, 15) is 22.4 Å². The first-order valence-corrected chi connectivity index (χ1v) is 7.95. The number of fused-ring (bicyclic) bond motifs is 3. The van der Waals surface area contributed by atoms with E-state index in [2.05, 4.69) is 9.97 Å². The summed E-state index contributed by atoms with van der Waals surface area (Å²) in [4.78, 5) is 20.6.